The van der Waals surface area contributed by atoms with E-state index in [2.05, 4.69) is 5.32 Å². The third kappa shape index (κ3) is 1.55. The van der Waals surface area contributed by atoms with Crippen LogP contribution in [0.5, 0.6) is 0 Å². The highest BCUT2D eigenvalue weighted by molar-refractivity contribution is 6.35. The zero-order valence-corrected chi connectivity index (χ0v) is 6.91. The van der Waals surface area contributed by atoms with Crippen molar-refractivity contribution in [2.24, 2.45) is 0 Å². The van der Waals surface area contributed by atoms with Crippen molar-refractivity contribution in [3.8, 4) is 0 Å². The summed E-state index contributed by atoms with van der Waals surface area (Å²) < 4.78 is 0. The van der Waals surface area contributed by atoms with E-state index in [1.165, 1.54) is 4.90 Å². The Kier molecular flexibility index (Phi) is 2.65. The van der Waals surface area contributed by atoms with Crippen molar-refractivity contribution in [1.29, 1.82) is 0 Å². The van der Waals surface area contributed by atoms with E-state index < -0.39 is 11.8 Å². The number of amides is 2. The molecule has 1 atom stereocenters. The Bertz CT molecular complexity index is 205. The summed E-state index contributed by atoms with van der Waals surface area (Å²) in [6.45, 7) is 2.41. The maximum absolute atomic E-state index is 11.1. The molecule has 1 saturated heterocycles. The van der Waals surface area contributed by atoms with Gasteiger partial charge in [0.15, 0.2) is 0 Å². The number of carbonyl (C=O) groups excluding carboxylic acids is 2. The van der Waals surface area contributed by atoms with Crippen molar-refractivity contribution in [2.75, 3.05) is 19.7 Å². The smallest absolute Gasteiger partial charge is 0.312 e. The molecule has 1 fully saturated rings. The summed E-state index contributed by atoms with van der Waals surface area (Å²) in [5.41, 5.74) is 0. The van der Waals surface area contributed by atoms with E-state index in [9.17, 15) is 9.59 Å². The third-order valence-electron chi connectivity index (χ3n) is 1.89. The van der Waals surface area contributed by atoms with Gasteiger partial charge in [-0.1, -0.05) is 0 Å². The van der Waals surface area contributed by atoms with E-state index in [1.54, 1.807) is 0 Å². The van der Waals surface area contributed by atoms with Crippen molar-refractivity contribution < 1.29 is 14.7 Å². The number of aliphatic hydroxyl groups excluding tert-OH is 1. The van der Waals surface area contributed by atoms with E-state index in [0.717, 1.165) is 0 Å². The molecule has 5 nitrogen and oxygen atoms in total. The van der Waals surface area contributed by atoms with Gasteiger partial charge in [0.05, 0.1) is 6.61 Å². The number of nitrogens with zero attached hydrogens (tertiary/aromatic N) is 1. The maximum Gasteiger partial charge on any atom is 0.312 e. The summed E-state index contributed by atoms with van der Waals surface area (Å²) in [4.78, 5) is 23.3. The number of β-amino-alcohol motifs (C(OH)–C–C–N with tert-alkyl or cyclic N) is 1. The molecule has 0 spiro atoms. The van der Waals surface area contributed by atoms with E-state index in [1.807, 2.05) is 6.92 Å². The second-order valence-electron chi connectivity index (χ2n) is 2.78. The molecule has 1 aliphatic heterocycles. The molecule has 0 aromatic rings. The van der Waals surface area contributed by atoms with Crippen LogP contribution in [-0.4, -0.2) is 47.6 Å². The number of nitrogens with one attached hydrogen (secondary N) is 1. The molecule has 12 heavy (non-hydrogen) atoms. The number of carbonyl (C=O) groups is 2. The Morgan fingerprint density at radius 2 is 2.33 bits per heavy atom. The standard InChI is InChI=1S/C7H12N2O3/c1-5-4-8-6(11)7(12)9(5)2-3-10/h5,10H,2-4H2,1H3,(H,8,11). The lowest BCUT2D eigenvalue weighted by Crippen LogP contribution is -2.57. The zero-order chi connectivity index (χ0) is 9.14. The molecule has 0 aromatic heterocycles. The van der Waals surface area contributed by atoms with Gasteiger partial charge in [-0.05, 0) is 6.92 Å². The Labute approximate surface area is 70.4 Å². The first kappa shape index (κ1) is 8.99. The molecule has 0 aliphatic carbocycles. The van der Waals surface area contributed by atoms with Crippen LogP contribution in [-0.2, 0) is 9.59 Å². The van der Waals surface area contributed by atoms with Gasteiger partial charge in [-0.2, -0.15) is 0 Å². The van der Waals surface area contributed by atoms with Crippen molar-refractivity contribution in [1.82, 2.24) is 10.2 Å². The predicted molar refractivity (Wildman–Crippen MR) is 41.3 cm³/mol. The fraction of sp³-hybridized carbons (Fsp3) is 0.714. The van der Waals surface area contributed by atoms with E-state index in [4.69, 9.17) is 5.11 Å². The van der Waals surface area contributed by atoms with Crippen molar-refractivity contribution >= 4 is 11.8 Å². The van der Waals surface area contributed by atoms with Crippen LogP contribution in [0.25, 0.3) is 0 Å². The fourth-order valence-electron chi connectivity index (χ4n) is 1.19. The summed E-state index contributed by atoms with van der Waals surface area (Å²) in [6, 6.07) is -0.0256. The fourth-order valence-corrected chi connectivity index (χ4v) is 1.19. The number of hydrogen-bond acceptors (Lipinski definition) is 3. The molecular weight excluding hydrogens is 160 g/mol. The van der Waals surface area contributed by atoms with Crippen LogP contribution in [0.2, 0.25) is 0 Å². The van der Waals surface area contributed by atoms with Crippen LogP contribution in [0.1, 0.15) is 6.92 Å². The molecule has 2 amide bonds. The molecule has 0 radical (unpaired) electrons. The lowest BCUT2D eigenvalue weighted by Gasteiger charge is -2.32. The predicted octanol–water partition coefficient (Wildman–Crippen LogP) is -1.67. The summed E-state index contributed by atoms with van der Waals surface area (Å²) >= 11 is 0. The Hall–Kier alpha value is -1.10. The Morgan fingerprint density at radius 1 is 1.67 bits per heavy atom. The molecule has 68 valence electrons. The summed E-state index contributed by atoms with van der Waals surface area (Å²) in [7, 11) is 0. The van der Waals surface area contributed by atoms with E-state index in [-0.39, 0.29) is 19.2 Å². The topological polar surface area (TPSA) is 69.6 Å². The number of piperazine rings is 1. The summed E-state index contributed by atoms with van der Waals surface area (Å²) in [5, 5.41) is 11.1. The second kappa shape index (κ2) is 3.53. The van der Waals surface area contributed by atoms with Crippen molar-refractivity contribution in [3.63, 3.8) is 0 Å². The van der Waals surface area contributed by atoms with Crippen molar-refractivity contribution in [3.05, 3.63) is 0 Å². The van der Waals surface area contributed by atoms with Gasteiger partial charge in [-0.15, -0.1) is 0 Å². The van der Waals surface area contributed by atoms with Gasteiger partial charge in [0.1, 0.15) is 0 Å². The Morgan fingerprint density at radius 3 is 2.92 bits per heavy atom. The molecule has 0 bridgehead atoms. The highest BCUT2D eigenvalue weighted by Gasteiger charge is 2.30. The van der Waals surface area contributed by atoms with Crippen LogP contribution in [0, 0.1) is 0 Å². The highest BCUT2D eigenvalue weighted by Crippen LogP contribution is 2.03. The molecule has 1 unspecified atom stereocenters. The lowest BCUT2D eigenvalue weighted by atomic mass is 10.2. The highest BCUT2D eigenvalue weighted by atomic mass is 16.3. The number of aliphatic hydroxyl groups is 1. The summed E-state index contributed by atoms with van der Waals surface area (Å²) in [5.74, 6) is -1.13. The first-order valence-electron chi connectivity index (χ1n) is 3.86. The molecule has 5 heteroatoms. The third-order valence-corrected chi connectivity index (χ3v) is 1.89. The van der Waals surface area contributed by atoms with Crippen LogP contribution >= 0.6 is 0 Å². The average molecular weight is 172 g/mol. The first-order valence-corrected chi connectivity index (χ1v) is 3.86. The molecule has 0 aromatic carbocycles. The molecule has 0 saturated carbocycles. The Balaban J connectivity index is 2.65. The van der Waals surface area contributed by atoms with Gasteiger partial charge in [0, 0.05) is 19.1 Å². The molecule has 2 N–H and O–H groups in total. The van der Waals surface area contributed by atoms with Crippen LogP contribution in [0.4, 0.5) is 0 Å². The van der Waals surface area contributed by atoms with Crippen molar-refractivity contribution in [2.45, 2.75) is 13.0 Å². The second-order valence-corrected chi connectivity index (χ2v) is 2.78. The van der Waals surface area contributed by atoms with Gasteiger partial charge >= 0.3 is 11.8 Å². The van der Waals surface area contributed by atoms with Crippen LogP contribution in [0.3, 0.4) is 0 Å². The molecule has 1 rings (SSSR count). The molecular formula is C7H12N2O3. The van der Waals surface area contributed by atoms with Gasteiger partial charge in [0.25, 0.3) is 0 Å². The quantitative estimate of drug-likeness (QED) is 0.489. The van der Waals surface area contributed by atoms with Gasteiger partial charge < -0.3 is 15.3 Å². The minimum Gasteiger partial charge on any atom is -0.395 e. The van der Waals surface area contributed by atoms with Crippen LogP contribution < -0.4 is 5.32 Å². The van der Waals surface area contributed by atoms with Gasteiger partial charge in [0.2, 0.25) is 0 Å². The number of hydrogen-bond donors (Lipinski definition) is 2. The van der Waals surface area contributed by atoms with Crippen LogP contribution in [0.15, 0.2) is 0 Å². The van der Waals surface area contributed by atoms with Gasteiger partial charge in [-0.25, -0.2) is 0 Å². The average Bonchev–Trinajstić information content (AvgIpc) is 2.06. The SMILES string of the molecule is CC1CNC(=O)C(=O)N1CCO. The minimum absolute atomic E-state index is 0.0256. The molecule has 1 aliphatic rings. The monoisotopic (exact) mass is 172 g/mol. The maximum atomic E-state index is 11.1. The summed E-state index contributed by atoms with van der Waals surface area (Å²) in [6.07, 6.45) is 0. The zero-order valence-electron chi connectivity index (χ0n) is 6.91. The van der Waals surface area contributed by atoms with Gasteiger partial charge in [-0.3, -0.25) is 9.59 Å². The number of rotatable bonds is 2. The van der Waals surface area contributed by atoms with E-state index >= 15 is 0 Å². The molecule has 1 heterocycles. The lowest BCUT2D eigenvalue weighted by molar-refractivity contribution is -0.150. The van der Waals surface area contributed by atoms with E-state index in [0.29, 0.717) is 6.54 Å². The normalized spacial score (nSPS) is 24.2. The first-order chi connectivity index (χ1) is 5.66. The largest absolute Gasteiger partial charge is 0.395 e. The minimum atomic E-state index is -0.582.